The summed E-state index contributed by atoms with van der Waals surface area (Å²) in [5, 5.41) is 1.89. The molecule has 7 heteroatoms. The molecule has 3 aromatic carbocycles. The fourth-order valence-corrected chi connectivity index (χ4v) is 8.57. The zero-order chi connectivity index (χ0) is 27.4. The van der Waals surface area contributed by atoms with Gasteiger partial charge >= 0.3 is 5.97 Å². The number of fused-ring (bicyclic) bond motifs is 1. The van der Waals surface area contributed by atoms with E-state index < -0.39 is 0 Å². The number of thioether (sulfide) groups is 1. The van der Waals surface area contributed by atoms with Crippen LogP contribution in [-0.4, -0.2) is 29.1 Å². The van der Waals surface area contributed by atoms with Crippen LogP contribution in [0.5, 0.6) is 11.5 Å². The van der Waals surface area contributed by atoms with Gasteiger partial charge in [-0.3, -0.25) is 19.3 Å². The molecule has 0 unspecified atom stereocenters. The van der Waals surface area contributed by atoms with Crippen molar-refractivity contribution in [2.24, 2.45) is 23.2 Å². The van der Waals surface area contributed by atoms with Gasteiger partial charge < -0.3 is 9.47 Å². The highest BCUT2D eigenvalue weighted by atomic mass is 32.2. The monoisotopic (exact) mass is 553 g/mol. The highest BCUT2D eigenvalue weighted by Crippen LogP contribution is 2.60. The van der Waals surface area contributed by atoms with Gasteiger partial charge in [0.25, 0.3) is 11.1 Å². The van der Waals surface area contributed by atoms with Crippen molar-refractivity contribution in [1.29, 1.82) is 0 Å². The Morgan fingerprint density at radius 2 is 1.62 bits per heavy atom. The van der Waals surface area contributed by atoms with E-state index in [0.29, 0.717) is 39.7 Å². The molecule has 5 aliphatic rings. The van der Waals surface area contributed by atoms with Crippen LogP contribution in [0.2, 0.25) is 0 Å². The second-order valence-electron chi connectivity index (χ2n) is 11.9. The fraction of sp³-hybridized carbons (Fsp3) is 0.364. The Balaban J connectivity index is 1.07. The first-order chi connectivity index (χ1) is 19.4. The first kappa shape index (κ1) is 25.4. The average Bonchev–Trinajstić information content (AvgIpc) is 3.20. The van der Waals surface area contributed by atoms with Gasteiger partial charge in [0, 0.05) is 0 Å². The first-order valence-corrected chi connectivity index (χ1v) is 14.8. The molecule has 204 valence electrons. The van der Waals surface area contributed by atoms with Gasteiger partial charge in [0.05, 0.1) is 24.0 Å². The summed E-state index contributed by atoms with van der Waals surface area (Å²) in [7, 11) is 1.54. The van der Waals surface area contributed by atoms with Crippen LogP contribution in [-0.2, 0) is 16.1 Å². The van der Waals surface area contributed by atoms with E-state index >= 15 is 0 Å². The van der Waals surface area contributed by atoms with E-state index in [1.54, 1.807) is 31.4 Å². The largest absolute Gasteiger partial charge is 0.493 e. The minimum absolute atomic E-state index is 0.132. The van der Waals surface area contributed by atoms with E-state index in [9.17, 15) is 14.4 Å². The van der Waals surface area contributed by atoms with Crippen molar-refractivity contribution in [3.63, 3.8) is 0 Å². The topological polar surface area (TPSA) is 72.9 Å². The van der Waals surface area contributed by atoms with E-state index in [-0.39, 0.29) is 29.1 Å². The smallest absolute Gasteiger partial charge is 0.317 e. The Hall–Kier alpha value is -3.58. The summed E-state index contributed by atoms with van der Waals surface area (Å²) < 4.78 is 11.6. The van der Waals surface area contributed by atoms with Crippen LogP contribution in [0.25, 0.3) is 16.8 Å². The molecule has 6 nitrogen and oxygen atoms in total. The number of benzene rings is 3. The maximum Gasteiger partial charge on any atom is 0.317 e. The number of hydrogen-bond donors (Lipinski definition) is 0. The highest BCUT2D eigenvalue weighted by molar-refractivity contribution is 8.18. The molecule has 4 saturated carbocycles. The summed E-state index contributed by atoms with van der Waals surface area (Å²) in [4.78, 5) is 41.0. The number of carbonyl (C=O) groups is 3. The zero-order valence-electron chi connectivity index (χ0n) is 22.4. The van der Waals surface area contributed by atoms with Crippen molar-refractivity contribution in [1.82, 2.24) is 4.90 Å². The van der Waals surface area contributed by atoms with Crippen molar-refractivity contribution < 1.29 is 23.9 Å². The normalized spacial score (nSPS) is 28.1. The van der Waals surface area contributed by atoms with E-state index in [1.807, 2.05) is 42.5 Å². The second-order valence-corrected chi connectivity index (χ2v) is 12.9. The number of hydrogen-bond acceptors (Lipinski definition) is 6. The maximum atomic E-state index is 13.5. The third-order valence-electron chi connectivity index (χ3n) is 9.19. The van der Waals surface area contributed by atoms with Gasteiger partial charge in [0.15, 0.2) is 11.5 Å². The Labute approximate surface area is 237 Å². The predicted octanol–water partition coefficient (Wildman–Crippen LogP) is 7.21. The van der Waals surface area contributed by atoms with Crippen LogP contribution in [0.3, 0.4) is 0 Å². The van der Waals surface area contributed by atoms with Crippen LogP contribution in [0.15, 0.2) is 65.6 Å². The fourth-order valence-electron chi connectivity index (χ4n) is 7.73. The lowest BCUT2D eigenvalue weighted by atomic mass is 9.49. The molecule has 40 heavy (non-hydrogen) atoms. The zero-order valence-corrected chi connectivity index (χ0v) is 23.2. The molecule has 2 amide bonds. The minimum Gasteiger partial charge on any atom is -0.493 e. The molecule has 1 heterocycles. The molecule has 4 aliphatic carbocycles. The number of methoxy groups -OCH3 is 1. The Morgan fingerprint density at radius 1 is 0.925 bits per heavy atom. The van der Waals surface area contributed by atoms with Gasteiger partial charge in [0.2, 0.25) is 0 Å². The van der Waals surface area contributed by atoms with Crippen molar-refractivity contribution in [3.05, 3.63) is 76.7 Å². The van der Waals surface area contributed by atoms with Gasteiger partial charge in [0.1, 0.15) is 0 Å². The molecule has 3 aromatic rings. The van der Waals surface area contributed by atoms with Crippen LogP contribution in [0.1, 0.15) is 49.7 Å². The lowest BCUT2D eigenvalue weighted by molar-refractivity contribution is -0.161. The summed E-state index contributed by atoms with van der Waals surface area (Å²) in [6.07, 6.45) is 8.29. The SMILES string of the molecule is COc1cc(/C=C2\SC(=O)N(Cc3ccc4ccccc4c3)C2=O)ccc1OC(=O)C12CC3CC(CC(C3)C1)C2. The minimum atomic E-state index is -0.359. The predicted molar refractivity (Wildman–Crippen MR) is 155 cm³/mol. The Morgan fingerprint density at radius 3 is 2.33 bits per heavy atom. The van der Waals surface area contributed by atoms with Crippen molar-refractivity contribution in [2.45, 2.75) is 45.1 Å². The Kier molecular flexibility index (Phi) is 6.22. The van der Waals surface area contributed by atoms with Gasteiger partial charge in [-0.15, -0.1) is 0 Å². The summed E-state index contributed by atoms with van der Waals surface area (Å²) in [6.45, 7) is 0.218. The molecular weight excluding hydrogens is 522 g/mol. The number of nitrogens with zero attached hydrogens (tertiary/aromatic N) is 1. The molecule has 0 atom stereocenters. The number of esters is 1. The van der Waals surface area contributed by atoms with Crippen LogP contribution in [0, 0.1) is 23.2 Å². The number of amides is 2. The van der Waals surface area contributed by atoms with E-state index in [1.165, 1.54) is 24.2 Å². The van der Waals surface area contributed by atoms with Crippen molar-refractivity contribution >= 4 is 45.7 Å². The van der Waals surface area contributed by atoms with Gasteiger partial charge in [-0.05, 0) is 114 Å². The molecule has 5 fully saturated rings. The van der Waals surface area contributed by atoms with Crippen LogP contribution >= 0.6 is 11.8 Å². The molecular formula is C33H31NO5S. The number of imide groups is 1. The lowest BCUT2D eigenvalue weighted by Gasteiger charge is -2.55. The maximum absolute atomic E-state index is 13.5. The number of rotatable bonds is 6. The molecule has 0 radical (unpaired) electrons. The van der Waals surface area contributed by atoms with E-state index in [0.717, 1.165) is 47.4 Å². The molecule has 8 rings (SSSR count). The molecule has 1 saturated heterocycles. The molecule has 0 spiro atoms. The van der Waals surface area contributed by atoms with Crippen LogP contribution in [0.4, 0.5) is 4.79 Å². The summed E-state index contributed by atoms with van der Waals surface area (Å²) in [6, 6.07) is 19.2. The second kappa shape index (κ2) is 9.81. The quantitative estimate of drug-likeness (QED) is 0.183. The number of ether oxygens (including phenoxy) is 2. The van der Waals surface area contributed by atoms with Crippen molar-refractivity contribution in [2.75, 3.05) is 7.11 Å². The van der Waals surface area contributed by atoms with Crippen LogP contribution < -0.4 is 9.47 Å². The molecule has 0 N–H and O–H groups in total. The standard InChI is InChI=1S/C33H31NO5S/c1-38-28-14-20(7-9-27(28)39-31(36)33-16-22-10-23(17-33)12-24(11-22)18-33)15-29-30(35)34(32(37)40-29)19-21-6-8-25-4-2-3-5-26(25)13-21/h2-9,13-15,22-24H,10-12,16-19H2,1H3/b29-15-. The summed E-state index contributed by atoms with van der Waals surface area (Å²) in [5.74, 6) is 2.33. The van der Waals surface area contributed by atoms with E-state index in [4.69, 9.17) is 9.47 Å². The van der Waals surface area contributed by atoms with Gasteiger partial charge in [-0.1, -0.05) is 42.5 Å². The van der Waals surface area contributed by atoms with Crippen molar-refractivity contribution in [3.8, 4) is 11.5 Å². The van der Waals surface area contributed by atoms with E-state index in [2.05, 4.69) is 0 Å². The third kappa shape index (κ3) is 4.50. The van der Waals surface area contributed by atoms with Gasteiger partial charge in [-0.25, -0.2) is 0 Å². The average molecular weight is 554 g/mol. The molecule has 0 aromatic heterocycles. The van der Waals surface area contributed by atoms with Gasteiger partial charge in [-0.2, -0.15) is 0 Å². The summed E-state index contributed by atoms with van der Waals surface area (Å²) >= 11 is 0.932. The molecule has 1 aliphatic heterocycles. The number of carbonyl (C=O) groups excluding carboxylic acids is 3. The third-order valence-corrected chi connectivity index (χ3v) is 10.1. The first-order valence-electron chi connectivity index (χ1n) is 14.0. The highest BCUT2D eigenvalue weighted by Gasteiger charge is 2.55. The summed E-state index contributed by atoms with van der Waals surface area (Å²) in [5.41, 5.74) is 1.24. The Bertz CT molecular complexity index is 1540. The lowest BCUT2D eigenvalue weighted by Crippen LogP contribution is -2.51. The molecule has 4 bridgehead atoms.